The van der Waals surface area contributed by atoms with Crippen LogP contribution in [0.25, 0.3) is 0 Å². The summed E-state index contributed by atoms with van der Waals surface area (Å²) in [7, 11) is 1.67. The number of halogens is 1. The molecule has 0 aromatic carbocycles. The molecule has 3 rings (SSSR count). The maximum Gasteiger partial charge on any atom is 0.327 e. The van der Waals surface area contributed by atoms with Gasteiger partial charge in [0.05, 0.1) is 6.54 Å². The zero-order chi connectivity index (χ0) is 17.3. The first-order chi connectivity index (χ1) is 11.4. The van der Waals surface area contributed by atoms with Crippen molar-refractivity contribution in [2.75, 3.05) is 13.6 Å². The zero-order valence-corrected chi connectivity index (χ0v) is 15.9. The van der Waals surface area contributed by atoms with Crippen LogP contribution in [0.3, 0.4) is 0 Å². The Morgan fingerprint density at radius 3 is 2.67 bits per heavy atom. The lowest BCUT2D eigenvalue weighted by Gasteiger charge is -2.35. The molecule has 2 aliphatic rings. The van der Waals surface area contributed by atoms with Gasteiger partial charge in [-0.05, 0) is 34.8 Å². The first kappa shape index (κ1) is 17.4. The number of hydrogen-bond acceptors (Lipinski definition) is 4. The summed E-state index contributed by atoms with van der Waals surface area (Å²) in [4.78, 5) is 41.1. The molecule has 0 bridgehead atoms. The van der Waals surface area contributed by atoms with Crippen LogP contribution in [-0.4, -0.2) is 46.8 Å². The van der Waals surface area contributed by atoms with E-state index < -0.39 is 5.54 Å². The van der Waals surface area contributed by atoms with Gasteiger partial charge < -0.3 is 10.2 Å². The van der Waals surface area contributed by atoms with Gasteiger partial charge >= 0.3 is 6.03 Å². The Bertz CT molecular complexity index is 669. The van der Waals surface area contributed by atoms with Crippen molar-refractivity contribution in [2.24, 2.45) is 0 Å². The number of rotatable bonds is 4. The molecule has 2 heterocycles. The Morgan fingerprint density at radius 1 is 1.33 bits per heavy atom. The Kier molecular flexibility index (Phi) is 4.96. The number of hydrogen-bond donors (Lipinski definition) is 1. The lowest BCUT2D eigenvalue weighted by atomic mass is 9.81. The fourth-order valence-corrected chi connectivity index (χ4v) is 4.89. The SMILES string of the molecule is CN1C(=O)N(CC(=O)NCc2cc(Br)cs2)C(=O)C12CCCCC2. The minimum Gasteiger partial charge on any atom is -0.350 e. The van der Waals surface area contributed by atoms with Crippen molar-refractivity contribution in [3.63, 3.8) is 0 Å². The fraction of sp³-hybridized carbons (Fsp3) is 0.562. The van der Waals surface area contributed by atoms with Crippen LogP contribution in [0.2, 0.25) is 0 Å². The molecule has 0 atom stereocenters. The van der Waals surface area contributed by atoms with Crippen LogP contribution >= 0.6 is 27.3 Å². The molecular weight excluding hydrogens is 394 g/mol. The van der Waals surface area contributed by atoms with Crippen molar-refractivity contribution in [3.05, 3.63) is 20.8 Å². The molecule has 0 unspecified atom stereocenters. The Balaban J connectivity index is 1.62. The molecule has 24 heavy (non-hydrogen) atoms. The van der Waals surface area contributed by atoms with Gasteiger partial charge in [-0.1, -0.05) is 19.3 Å². The van der Waals surface area contributed by atoms with Gasteiger partial charge in [0.2, 0.25) is 5.91 Å². The number of carbonyl (C=O) groups excluding carboxylic acids is 3. The Morgan fingerprint density at radius 2 is 2.04 bits per heavy atom. The highest BCUT2D eigenvalue weighted by molar-refractivity contribution is 9.10. The van der Waals surface area contributed by atoms with E-state index in [-0.39, 0.29) is 24.4 Å². The molecule has 1 aromatic rings. The van der Waals surface area contributed by atoms with E-state index in [1.54, 1.807) is 7.05 Å². The van der Waals surface area contributed by atoms with Gasteiger partial charge in [-0.3, -0.25) is 14.5 Å². The van der Waals surface area contributed by atoms with Crippen molar-refractivity contribution in [2.45, 2.75) is 44.2 Å². The van der Waals surface area contributed by atoms with Crippen LogP contribution in [-0.2, 0) is 16.1 Å². The zero-order valence-electron chi connectivity index (χ0n) is 13.5. The molecule has 2 fully saturated rings. The van der Waals surface area contributed by atoms with E-state index in [0.717, 1.165) is 33.5 Å². The van der Waals surface area contributed by atoms with E-state index >= 15 is 0 Å². The number of urea groups is 1. The van der Waals surface area contributed by atoms with Crippen molar-refractivity contribution in [1.29, 1.82) is 0 Å². The minimum atomic E-state index is -0.728. The number of carbonyl (C=O) groups is 3. The van der Waals surface area contributed by atoms with E-state index in [4.69, 9.17) is 0 Å². The summed E-state index contributed by atoms with van der Waals surface area (Å²) in [5.41, 5.74) is -0.728. The number of thiophene rings is 1. The second-order valence-corrected chi connectivity index (χ2v) is 8.24. The highest BCUT2D eigenvalue weighted by atomic mass is 79.9. The van der Waals surface area contributed by atoms with Gasteiger partial charge in [-0.15, -0.1) is 11.3 Å². The lowest BCUT2D eigenvalue weighted by molar-refractivity contribution is -0.137. The highest BCUT2D eigenvalue weighted by Crippen LogP contribution is 2.39. The number of imide groups is 1. The summed E-state index contributed by atoms with van der Waals surface area (Å²) in [5.74, 6) is -0.536. The standard InChI is InChI=1S/C16H20BrN3O3S/c1-19-15(23)20(14(22)16(19)5-3-2-4-6-16)9-13(21)18-8-12-7-11(17)10-24-12/h7,10H,2-6,8-9H2,1H3,(H,18,21). The maximum absolute atomic E-state index is 12.8. The molecule has 1 N–H and O–H groups in total. The molecular formula is C16H20BrN3O3S. The summed E-state index contributed by atoms with van der Waals surface area (Å²) >= 11 is 4.90. The summed E-state index contributed by atoms with van der Waals surface area (Å²) in [5, 5.41) is 4.71. The first-order valence-corrected chi connectivity index (χ1v) is 9.71. The number of nitrogens with zero attached hydrogens (tertiary/aromatic N) is 2. The lowest BCUT2D eigenvalue weighted by Crippen LogP contribution is -2.49. The molecule has 0 radical (unpaired) electrons. The minimum absolute atomic E-state index is 0.212. The number of amides is 4. The topological polar surface area (TPSA) is 69.7 Å². The first-order valence-electron chi connectivity index (χ1n) is 8.03. The van der Waals surface area contributed by atoms with Crippen molar-refractivity contribution >= 4 is 45.1 Å². The predicted molar refractivity (Wildman–Crippen MR) is 94.6 cm³/mol. The fourth-order valence-electron chi connectivity index (χ4n) is 3.50. The molecule has 6 nitrogen and oxygen atoms in total. The monoisotopic (exact) mass is 413 g/mol. The highest BCUT2D eigenvalue weighted by Gasteiger charge is 2.55. The second-order valence-electron chi connectivity index (χ2n) is 6.33. The number of likely N-dealkylation sites (N-methyl/N-ethyl adjacent to an activating group) is 1. The summed E-state index contributed by atoms with van der Waals surface area (Å²) in [6.45, 7) is 0.183. The van der Waals surface area contributed by atoms with Crippen LogP contribution < -0.4 is 5.32 Å². The quantitative estimate of drug-likeness (QED) is 0.771. The van der Waals surface area contributed by atoms with Crippen LogP contribution in [0.5, 0.6) is 0 Å². The second kappa shape index (κ2) is 6.84. The molecule has 1 aromatic heterocycles. The largest absolute Gasteiger partial charge is 0.350 e. The molecule has 130 valence electrons. The Labute approximate surface area is 153 Å². The van der Waals surface area contributed by atoms with Crippen LogP contribution in [0, 0.1) is 0 Å². The van der Waals surface area contributed by atoms with Crippen LogP contribution in [0.1, 0.15) is 37.0 Å². The smallest absolute Gasteiger partial charge is 0.327 e. The summed E-state index contributed by atoms with van der Waals surface area (Å²) < 4.78 is 0.975. The summed E-state index contributed by atoms with van der Waals surface area (Å²) in [6.07, 6.45) is 4.35. The maximum atomic E-state index is 12.8. The van der Waals surface area contributed by atoms with Crippen molar-refractivity contribution < 1.29 is 14.4 Å². The van der Waals surface area contributed by atoms with Gasteiger partial charge in [-0.2, -0.15) is 0 Å². The van der Waals surface area contributed by atoms with E-state index in [9.17, 15) is 14.4 Å². The van der Waals surface area contributed by atoms with Crippen LogP contribution in [0.4, 0.5) is 4.79 Å². The van der Waals surface area contributed by atoms with Gasteiger partial charge in [0.15, 0.2) is 0 Å². The van der Waals surface area contributed by atoms with E-state index in [1.807, 2.05) is 11.4 Å². The van der Waals surface area contributed by atoms with E-state index in [0.29, 0.717) is 19.4 Å². The molecule has 1 aliphatic carbocycles. The normalized spacial score (nSPS) is 20.1. The van der Waals surface area contributed by atoms with Gasteiger partial charge in [0.1, 0.15) is 12.1 Å². The van der Waals surface area contributed by atoms with Gasteiger partial charge in [-0.25, -0.2) is 4.79 Å². The number of nitrogens with one attached hydrogen (secondary N) is 1. The van der Waals surface area contributed by atoms with Gasteiger partial charge in [0, 0.05) is 21.8 Å². The molecule has 1 aliphatic heterocycles. The van der Waals surface area contributed by atoms with E-state index in [2.05, 4.69) is 21.2 Å². The van der Waals surface area contributed by atoms with E-state index in [1.165, 1.54) is 16.2 Å². The third-order valence-electron chi connectivity index (χ3n) is 4.87. The molecule has 1 saturated carbocycles. The van der Waals surface area contributed by atoms with Gasteiger partial charge in [0.25, 0.3) is 5.91 Å². The van der Waals surface area contributed by atoms with Crippen LogP contribution in [0.15, 0.2) is 15.9 Å². The average molecular weight is 414 g/mol. The van der Waals surface area contributed by atoms with Crippen molar-refractivity contribution in [3.8, 4) is 0 Å². The average Bonchev–Trinajstić information content (AvgIpc) is 3.07. The molecule has 8 heteroatoms. The predicted octanol–water partition coefficient (Wildman–Crippen LogP) is 2.72. The third-order valence-corrected chi connectivity index (χ3v) is 6.56. The summed E-state index contributed by atoms with van der Waals surface area (Å²) in [6, 6.07) is 1.57. The molecule has 4 amide bonds. The third kappa shape index (κ3) is 3.09. The molecule has 1 spiro atoms. The molecule has 1 saturated heterocycles. The Hall–Kier alpha value is -1.41. The van der Waals surface area contributed by atoms with Crippen molar-refractivity contribution in [1.82, 2.24) is 15.1 Å².